The van der Waals surface area contributed by atoms with E-state index in [1.165, 1.54) is 37.4 Å². The molecule has 0 saturated carbocycles. The minimum atomic E-state index is -4.68. The summed E-state index contributed by atoms with van der Waals surface area (Å²) in [5.41, 5.74) is -0.635. The van der Waals surface area contributed by atoms with Crippen LogP contribution in [0.25, 0.3) is 5.82 Å². The maximum atomic E-state index is 14.1. The van der Waals surface area contributed by atoms with Gasteiger partial charge in [0.2, 0.25) is 5.88 Å². The average molecular weight is 600 g/mol. The van der Waals surface area contributed by atoms with Gasteiger partial charge in [0, 0.05) is 23.4 Å². The van der Waals surface area contributed by atoms with Crippen molar-refractivity contribution >= 4 is 46.4 Å². The Balaban J connectivity index is 1.71. The number of halogens is 7. The fourth-order valence-electron chi connectivity index (χ4n) is 3.49. The van der Waals surface area contributed by atoms with Crippen molar-refractivity contribution in [2.24, 2.45) is 0 Å². The molecule has 0 atom stereocenters. The molecule has 0 aliphatic heterocycles. The van der Waals surface area contributed by atoms with Crippen LogP contribution >= 0.6 is 23.2 Å². The second-order valence-corrected chi connectivity index (χ2v) is 9.01. The quantitative estimate of drug-likeness (QED) is 0.233. The number of hydrogen-bond acceptors (Lipinski definition) is 5. The summed E-state index contributed by atoms with van der Waals surface area (Å²) < 4.78 is 71.1. The predicted molar refractivity (Wildman–Crippen MR) is 136 cm³/mol. The molecule has 0 unspecified atom stereocenters. The van der Waals surface area contributed by atoms with Gasteiger partial charge in [-0.15, -0.1) is 5.10 Å². The summed E-state index contributed by atoms with van der Waals surface area (Å²) in [5, 5.41) is 8.80. The van der Waals surface area contributed by atoms with E-state index in [0.717, 1.165) is 22.9 Å². The maximum absolute atomic E-state index is 14.1. The molecule has 0 bridgehead atoms. The minimum absolute atomic E-state index is 0.0195. The summed E-state index contributed by atoms with van der Waals surface area (Å²) in [6, 6.07) is 8.99. The van der Waals surface area contributed by atoms with Crippen LogP contribution in [0, 0.1) is 18.6 Å². The van der Waals surface area contributed by atoms with Gasteiger partial charge in [-0.05, 0) is 48.9 Å². The van der Waals surface area contributed by atoms with Crippen molar-refractivity contribution in [3.05, 3.63) is 93.2 Å². The van der Waals surface area contributed by atoms with Gasteiger partial charge in [-0.2, -0.15) is 13.2 Å². The number of nitrogens with one attached hydrogen (secondary N) is 2. The predicted octanol–water partition coefficient (Wildman–Crippen LogP) is 6.61. The standard InChI is InChI=1S/C25H16Cl2F5N5O3/c1-12-7-13(26)8-15(23(38)34-18-5-4-14(28)9-17(18)29)21(12)35-24(39)19-10-20(40-11-25(30,31)32)36-37(19)22-16(27)3-2-6-33-22/h2-10H,11H2,1H3,(H,34,38)(H,35,39). The first-order valence-corrected chi connectivity index (χ1v) is 11.9. The molecule has 0 aliphatic rings. The molecule has 0 saturated heterocycles. The van der Waals surface area contributed by atoms with Crippen molar-refractivity contribution < 1.29 is 36.3 Å². The van der Waals surface area contributed by atoms with Crippen LogP contribution < -0.4 is 15.4 Å². The van der Waals surface area contributed by atoms with Gasteiger partial charge in [0.15, 0.2) is 12.4 Å². The smallest absolute Gasteiger partial charge is 0.422 e. The number of amides is 2. The summed E-state index contributed by atoms with van der Waals surface area (Å²) in [6.07, 6.45) is -3.36. The zero-order valence-corrected chi connectivity index (χ0v) is 21.6. The average Bonchev–Trinajstić information content (AvgIpc) is 3.30. The van der Waals surface area contributed by atoms with E-state index in [1.807, 2.05) is 0 Å². The molecule has 8 nitrogen and oxygen atoms in total. The highest BCUT2D eigenvalue weighted by Crippen LogP contribution is 2.29. The first-order chi connectivity index (χ1) is 18.8. The Kier molecular flexibility index (Phi) is 8.26. The van der Waals surface area contributed by atoms with Crippen LogP contribution in [0.4, 0.5) is 33.3 Å². The van der Waals surface area contributed by atoms with Crippen LogP contribution in [0.5, 0.6) is 5.88 Å². The van der Waals surface area contributed by atoms with Crippen molar-refractivity contribution in [3.8, 4) is 11.7 Å². The molecule has 0 fully saturated rings. The third-order valence-corrected chi connectivity index (χ3v) is 5.72. The number of anilines is 2. The lowest BCUT2D eigenvalue weighted by molar-refractivity contribution is -0.154. The van der Waals surface area contributed by atoms with E-state index in [0.29, 0.717) is 11.6 Å². The van der Waals surface area contributed by atoms with E-state index in [9.17, 15) is 31.5 Å². The van der Waals surface area contributed by atoms with Crippen LogP contribution in [-0.2, 0) is 0 Å². The lowest BCUT2D eigenvalue weighted by Crippen LogP contribution is -2.22. The number of carbonyl (C=O) groups is 2. The Morgan fingerprint density at radius 1 is 1.02 bits per heavy atom. The molecule has 0 aliphatic carbocycles. The fourth-order valence-corrected chi connectivity index (χ4v) is 3.96. The van der Waals surface area contributed by atoms with Gasteiger partial charge in [0.05, 0.1) is 22.0 Å². The highest BCUT2D eigenvalue weighted by molar-refractivity contribution is 6.32. The number of benzene rings is 2. The van der Waals surface area contributed by atoms with Crippen LogP contribution in [0.15, 0.2) is 54.7 Å². The Hall–Kier alpha value is -4.23. The molecular formula is C25H16Cl2F5N5O3. The summed E-state index contributed by atoms with van der Waals surface area (Å²) >= 11 is 12.3. The third-order valence-electron chi connectivity index (χ3n) is 5.21. The van der Waals surface area contributed by atoms with Gasteiger partial charge in [-0.1, -0.05) is 23.2 Å². The number of carbonyl (C=O) groups excluding carboxylic acids is 2. The molecule has 2 aromatic carbocycles. The Bertz CT molecular complexity index is 1610. The van der Waals surface area contributed by atoms with Crippen LogP contribution in [0.3, 0.4) is 0 Å². The SMILES string of the molecule is Cc1cc(Cl)cc(C(=O)Nc2ccc(F)cc2F)c1NC(=O)c1cc(OCC(F)(F)F)nn1-c1ncccc1Cl. The topological polar surface area (TPSA) is 98.1 Å². The van der Waals surface area contributed by atoms with Crippen LogP contribution in [0.2, 0.25) is 10.0 Å². The molecule has 40 heavy (non-hydrogen) atoms. The molecule has 4 rings (SSSR count). The summed E-state index contributed by atoms with van der Waals surface area (Å²) in [7, 11) is 0. The number of rotatable bonds is 7. The molecule has 2 amide bonds. The number of aryl methyl sites for hydroxylation is 1. The normalized spacial score (nSPS) is 11.3. The van der Waals surface area contributed by atoms with E-state index in [4.69, 9.17) is 23.2 Å². The number of pyridine rings is 1. The molecule has 4 aromatic rings. The lowest BCUT2D eigenvalue weighted by atomic mass is 10.1. The number of ether oxygens (including phenoxy) is 1. The molecule has 208 valence electrons. The van der Waals surface area contributed by atoms with Gasteiger partial charge in [0.25, 0.3) is 11.8 Å². The van der Waals surface area contributed by atoms with E-state index >= 15 is 0 Å². The van der Waals surface area contributed by atoms with Crippen molar-refractivity contribution in [2.45, 2.75) is 13.1 Å². The van der Waals surface area contributed by atoms with E-state index < -0.39 is 42.1 Å². The highest BCUT2D eigenvalue weighted by atomic mass is 35.5. The number of hydrogen-bond donors (Lipinski definition) is 2. The second-order valence-electron chi connectivity index (χ2n) is 8.17. The zero-order valence-electron chi connectivity index (χ0n) is 20.1. The molecule has 0 spiro atoms. The summed E-state index contributed by atoms with van der Waals surface area (Å²) in [4.78, 5) is 30.5. The van der Waals surface area contributed by atoms with Crippen molar-refractivity contribution in [1.29, 1.82) is 0 Å². The Morgan fingerprint density at radius 3 is 2.45 bits per heavy atom. The molecule has 15 heteroatoms. The first kappa shape index (κ1) is 28.8. The van der Waals surface area contributed by atoms with Gasteiger partial charge >= 0.3 is 6.18 Å². The van der Waals surface area contributed by atoms with Crippen LogP contribution in [-0.4, -0.2) is 39.4 Å². The molecule has 0 radical (unpaired) electrons. The van der Waals surface area contributed by atoms with E-state index in [-0.39, 0.29) is 38.5 Å². The number of alkyl halides is 3. The van der Waals surface area contributed by atoms with E-state index in [1.54, 1.807) is 0 Å². The second kappa shape index (κ2) is 11.5. The van der Waals surface area contributed by atoms with Gasteiger partial charge in [0.1, 0.15) is 17.3 Å². The van der Waals surface area contributed by atoms with E-state index in [2.05, 4.69) is 25.5 Å². The molecule has 2 heterocycles. The first-order valence-electron chi connectivity index (χ1n) is 11.1. The van der Waals surface area contributed by atoms with Crippen molar-refractivity contribution in [1.82, 2.24) is 14.8 Å². The Morgan fingerprint density at radius 2 is 1.77 bits per heavy atom. The van der Waals surface area contributed by atoms with Gasteiger partial charge < -0.3 is 15.4 Å². The molecule has 2 aromatic heterocycles. The molecule has 2 N–H and O–H groups in total. The number of nitrogens with zero attached hydrogens (tertiary/aromatic N) is 3. The lowest BCUT2D eigenvalue weighted by Gasteiger charge is -2.15. The van der Waals surface area contributed by atoms with Crippen molar-refractivity contribution in [3.63, 3.8) is 0 Å². The third kappa shape index (κ3) is 6.66. The largest absolute Gasteiger partial charge is 0.467 e. The summed E-state index contributed by atoms with van der Waals surface area (Å²) in [5.74, 6) is -4.38. The van der Waals surface area contributed by atoms with Crippen molar-refractivity contribution in [2.75, 3.05) is 17.2 Å². The number of aromatic nitrogens is 3. The zero-order chi connectivity index (χ0) is 29.2. The van der Waals surface area contributed by atoms with Gasteiger partial charge in [-0.25, -0.2) is 18.4 Å². The summed E-state index contributed by atoms with van der Waals surface area (Å²) in [6.45, 7) is -0.164. The minimum Gasteiger partial charge on any atom is -0.467 e. The monoisotopic (exact) mass is 599 g/mol. The highest BCUT2D eigenvalue weighted by Gasteiger charge is 2.30. The van der Waals surface area contributed by atoms with Gasteiger partial charge in [-0.3, -0.25) is 9.59 Å². The molecular weight excluding hydrogens is 584 g/mol. The maximum Gasteiger partial charge on any atom is 0.422 e. The fraction of sp³-hybridized carbons (Fsp3) is 0.120. The Labute approximate surface area is 232 Å². The van der Waals surface area contributed by atoms with Crippen LogP contribution in [0.1, 0.15) is 26.4 Å².